The first kappa shape index (κ1) is 12.2. The number of nitrogens with one attached hydrogen (secondary N) is 1. The SMILES string of the molecule is CCNC(C)c1ncc(C(C)(C)CC)o1. The molecule has 1 heterocycles. The normalized spacial score (nSPS) is 14.2. The first-order valence-corrected chi connectivity index (χ1v) is 5.70. The Morgan fingerprint density at radius 1 is 1.47 bits per heavy atom. The van der Waals surface area contributed by atoms with E-state index in [1.54, 1.807) is 0 Å². The predicted molar refractivity (Wildman–Crippen MR) is 61.9 cm³/mol. The van der Waals surface area contributed by atoms with Crippen molar-refractivity contribution in [1.82, 2.24) is 10.3 Å². The van der Waals surface area contributed by atoms with Crippen molar-refractivity contribution in [2.75, 3.05) is 6.54 Å². The maximum absolute atomic E-state index is 5.78. The van der Waals surface area contributed by atoms with E-state index in [1.165, 1.54) is 0 Å². The van der Waals surface area contributed by atoms with E-state index in [4.69, 9.17) is 4.42 Å². The predicted octanol–water partition coefficient (Wildman–Crippen LogP) is 3.03. The van der Waals surface area contributed by atoms with Gasteiger partial charge in [0.1, 0.15) is 5.76 Å². The molecule has 1 aromatic rings. The molecule has 0 amide bonds. The van der Waals surface area contributed by atoms with Gasteiger partial charge in [-0.15, -0.1) is 0 Å². The lowest BCUT2D eigenvalue weighted by Gasteiger charge is -2.18. The van der Waals surface area contributed by atoms with Gasteiger partial charge in [-0.05, 0) is 19.9 Å². The van der Waals surface area contributed by atoms with E-state index < -0.39 is 0 Å². The first-order valence-electron chi connectivity index (χ1n) is 5.70. The summed E-state index contributed by atoms with van der Waals surface area (Å²) in [6.45, 7) is 11.6. The summed E-state index contributed by atoms with van der Waals surface area (Å²) in [7, 11) is 0. The monoisotopic (exact) mass is 210 g/mol. The van der Waals surface area contributed by atoms with E-state index >= 15 is 0 Å². The largest absolute Gasteiger partial charge is 0.443 e. The average molecular weight is 210 g/mol. The van der Waals surface area contributed by atoms with Gasteiger partial charge in [0.2, 0.25) is 5.89 Å². The molecule has 0 aliphatic heterocycles. The Kier molecular flexibility index (Phi) is 3.91. The second-order valence-electron chi connectivity index (χ2n) is 4.58. The molecule has 0 spiro atoms. The number of aromatic nitrogens is 1. The molecule has 15 heavy (non-hydrogen) atoms. The van der Waals surface area contributed by atoms with E-state index in [1.807, 2.05) is 6.20 Å². The molecule has 0 aromatic carbocycles. The highest BCUT2D eigenvalue weighted by Gasteiger charge is 2.24. The van der Waals surface area contributed by atoms with Gasteiger partial charge in [-0.2, -0.15) is 0 Å². The fourth-order valence-corrected chi connectivity index (χ4v) is 1.37. The van der Waals surface area contributed by atoms with Gasteiger partial charge >= 0.3 is 0 Å². The third kappa shape index (κ3) is 2.81. The third-order valence-corrected chi connectivity index (χ3v) is 2.96. The molecule has 0 saturated heterocycles. The van der Waals surface area contributed by atoms with Gasteiger partial charge < -0.3 is 9.73 Å². The number of rotatable bonds is 5. The lowest BCUT2D eigenvalue weighted by molar-refractivity contribution is 0.334. The molecule has 0 radical (unpaired) electrons. The summed E-state index contributed by atoms with van der Waals surface area (Å²) in [5.74, 6) is 1.76. The second kappa shape index (κ2) is 4.79. The Hall–Kier alpha value is -0.830. The Morgan fingerprint density at radius 3 is 2.67 bits per heavy atom. The molecule has 1 N–H and O–H groups in total. The Balaban J connectivity index is 2.80. The third-order valence-electron chi connectivity index (χ3n) is 2.96. The van der Waals surface area contributed by atoms with Crippen molar-refractivity contribution in [3.63, 3.8) is 0 Å². The minimum atomic E-state index is 0.0805. The molecule has 0 saturated carbocycles. The molecular weight excluding hydrogens is 188 g/mol. The van der Waals surface area contributed by atoms with Gasteiger partial charge in [0.05, 0.1) is 12.2 Å². The summed E-state index contributed by atoms with van der Waals surface area (Å²) in [6, 6.07) is 0.191. The Morgan fingerprint density at radius 2 is 2.13 bits per heavy atom. The van der Waals surface area contributed by atoms with Gasteiger partial charge in [0, 0.05) is 5.41 Å². The van der Waals surface area contributed by atoms with E-state index in [9.17, 15) is 0 Å². The minimum absolute atomic E-state index is 0.0805. The van der Waals surface area contributed by atoms with Crippen LogP contribution in [0.25, 0.3) is 0 Å². The lowest BCUT2D eigenvalue weighted by atomic mass is 9.88. The molecule has 0 fully saturated rings. The number of oxazole rings is 1. The van der Waals surface area contributed by atoms with Crippen LogP contribution in [-0.4, -0.2) is 11.5 Å². The van der Waals surface area contributed by atoms with Crippen LogP contribution in [0.5, 0.6) is 0 Å². The topological polar surface area (TPSA) is 38.1 Å². The van der Waals surface area contributed by atoms with Crippen molar-refractivity contribution in [3.05, 3.63) is 17.8 Å². The van der Waals surface area contributed by atoms with Crippen molar-refractivity contribution in [2.24, 2.45) is 0 Å². The van der Waals surface area contributed by atoms with Gasteiger partial charge in [-0.3, -0.25) is 0 Å². The Bertz CT molecular complexity index is 304. The summed E-state index contributed by atoms with van der Waals surface area (Å²) in [5, 5.41) is 3.29. The van der Waals surface area contributed by atoms with Crippen molar-refractivity contribution in [3.8, 4) is 0 Å². The smallest absolute Gasteiger partial charge is 0.211 e. The minimum Gasteiger partial charge on any atom is -0.443 e. The van der Waals surface area contributed by atoms with Crippen molar-refractivity contribution >= 4 is 0 Å². The summed E-state index contributed by atoms with van der Waals surface area (Å²) < 4.78 is 5.78. The molecule has 1 aromatic heterocycles. The fourth-order valence-electron chi connectivity index (χ4n) is 1.37. The van der Waals surface area contributed by atoms with Crippen LogP contribution in [0.4, 0.5) is 0 Å². The van der Waals surface area contributed by atoms with Crippen LogP contribution in [0, 0.1) is 0 Å². The van der Waals surface area contributed by atoms with Gasteiger partial charge in [-0.1, -0.05) is 27.7 Å². The average Bonchev–Trinajstić information content (AvgIpc) is 2.67. The van der Waals surface area contributed by atoms with Gasteiger partial charge in [0.15, 0.2) is 0 Å². The van der Waals surface area contributed by atoms with Crippen LogP contribution < -0.4 is 5.32 Å². The molecule has 0 aliphatic carbocycles. The standard InChI is InChI=1S/C12H22N2O/c1-6-12(4,5)10-8-14-11(15-10)9(3)13-7-2/h8-9,13H,6-7H2,1-5H3. The summed E-state index contributed by atoms with van der Waals surface area (Å²) in [6.07, 6.45) is 2.91. The van der Waals surface area contributed by atoms with Gasteiger partial charge in [-0.25, -0.2) is 4.98 Å². The van der Waals surface area contributed by atoms with Crippen molar-refractivity contribution in [2.45, 2.75) is 52.5 Å². The zero-order chi connectivity index (χ0) is 11.5. The number of nitrogens with zero attached hydrogens (tertiary/aromatic N) is 1. The summed E-state index contributed by atoms with van der Waals surface area (Å²) in [5.41, 5.74) is 0.0805. The van der Waals surface area contributed by atoms with Crippen LogP contribution in [0.15, 0.2) is 10.6 Å². The van der Waals surface area contributed by atoms with E-state index in [2.05, 4.69) is 44.9 Å². The highest BCUT2D eigenvalue weighted by Crippen LogP contribution is 2.28. The maximum atomic E-state index is 5.78. The molecule has 1 rings (SSSR count). The van der Waals surface area contributed by atoms with Gasteiger partial charge in [0.25, 0.3) is 0 Å². The molecule has 1 unspecified atom stereocenters. The molecule has 0 bridgehead atoms. The molecule has 1 atom stereocenters. The summed E-state index contributed by atoms with van der Waals surface area (Å²) in [4.78, 5) is 4.32. The van der Waals surface area contributed by atoms with E-state index in [0.29, 0.717) is 0 Å². The quantitative estimate of drug-likeness (QED) is 0.811. The van der Waals surface area contributed by atoms with Crippen LogP contribution in [0.3, 0.4) is 0 Å². The highest BCUT2D eigenvalue weighted by atomic mass is 16.4. The van der Waals surface area contributed by atoms with Crippen LogP contribution in [0.2, 0.25) is 0 Å². The molecule has 3 nitrogen and oxygen atoms in total. The maximum Gasteiger partial charge on any atom is 0.211 e. The number of hydrogen-bond donors (Lipinski definition) is 1. The van der Waals surface area contributed by atoms with Crippen molar-refractivity contribution in [1.29, 1.82) is 0 Å². The molecule has 3 heteroatoms. The van der Waals surface area contributed by atoms with E-state index in [-0.39, 0.29) is 11.5 Å². The van der Waals surface area contributed by atoms with E-state index in [0.717, 1.165) is 24.6 Å². The lowest BCUT2D eigenvalue weighted by Crippen LogP contribution is -2.18. The van der Waals surface area contributed by atoms with Crippen LogP contribution in [0.1, 0.15) is 58.7 Å². The number of hydrogen-bond acceptors (Lipinski definition) is 3. The first-order chi connectivity index (χ1) is 7.01. The van der Waals surface area contributed by atoms with Crippen molar-refractivity contribution < 1.29 is 4.42 Å². The van der Waals surface area contributed by atoms with Crippen LogP contribution in [-0.2, 0) is 5.41 Å². The zero-order valence-corrected chi connectivity index (χ0v) is 10.4. The molecule has 0 aliphatic rings. The summed E-state index contributed by atoms with van der Waals surface area (Å²) >= 11 is 0. The highest BCUT2D eigenvalue weighted by molar-refractivity contribution is 5.08. The fraction of sp³-hybridized carbons (Fsp3) is 0.750. The molecule has 86 valence electrons. The Labute approximate surface area is 92.3 Å². The zero-order valence-electron chi connectivity index (χ0n) is 10.4. The van der Waals surface area contributed by atoms with Crippen LogP contribution >= 0.6 is 0 Å². The molecular formula is C12H22N2O. The second-order valence-corrected chi connectivity index (χ2v) is 4.58.